The molecule has 3 aromatic heterocycles. The number of carbonyl (C=O) groups excluding carboxylic acids is 2. The van der Waals surface area contributed by atoms with Gasteiger partial charge in [0.1, 0.15) is 5.82 Å². The molecule has 10 heteroatoms. The number of carbonyl (C=O) groups is 2. The van der Waals surface area contributed by atoms with E-state index in [2.05, 4.69) is 40.1 Å². The SMILES string of the molecule is CC(C)C1CC(=O)NC(n2nc(C3CC3)cc2NC(=O)c2cc(-c3ccco3)on2)N1. The zero-order valence-electron chi connectivity index (χ0n) is 17.3. The summed E-state index contributed by atoms with van der Waals surface area (Å²) in [7, 11) is 0. The average molecular weight is 424 g/mol. The van der Waals surface area contributed by atoms with E-state index in [0.717, 1.165) is 18.5 Å². The van der Waals surface area contributed by atoms with Gasteiger partial charge in [0.05, 0.1) is 12.0 Å². The van der Waals surface area contributed by atoms with Crippen LogP contribution >= 0.6 is 0 Å². The molecule has 0 radical (unpaired) electrons. The topological polar surface area (TPSA) is 127 Å². The lowest BCUT2D eigenvalue weighted by Crippen LogP contribution is -2.55. The third kappa shape index (κ3) is 3.98. The van der Waals surface area contributed by atoms with Crippen molar-refractivity contribution in [2.75, 3.05) is 5.32 Å². The van der Waals surface area contributed by atoms with E-state index >= 15 is 0 Å². The summed E-state index contributed by atoms with van der Waals surface area (Å²) in [6, 6.07) is 6.84. The highest BCUT2D eigenvalue weighted by atomic mass is 16.5. The molecule has 10 nitrogen and oxygen atoms in total. The largest absolute Gasteiger partial charge is 0.461 e. The van der Waals surface area contributed by atoms with Crippen molar-refractivity contribution in [2.45, 2.75) is 51.4 Å². The van der Waals surface area contributed by atoms with Crippen molar-refractivity contribution in [2.24, 2.45) is 5.92 Å². The first-order chi connectivity index (χ1) is 15.0. The minimum absolute atomic E-state index is 0.0160. The van der Waals surface area contributed by atoms with Crippen molar-refractivity contribution >= 4 is 17.6 Å². The molecule has 3 N–H and O–H groups in total. The van der Waals surface area contributed by atoms with Gasteiger partial charge in [0.15, 0.2) is 17.7 Å². The van der Waals surface area contributed by atoms with Crippen molar-refractivity contribution in [1.82, 2.24) is 25.6 Å². The van der Waals surface area contributed by atoms with E-state index in [4.69, 9.17) is 8.94 Å². The fourth-order valence-corrected chi connectivity index (χ4v) is 3.65. The van der Waals surface area contributed by atoms with E-state index < -0.39 is 12.2 Å². The van der Waals surface area contributed by atoms with Gasteiger partial charge in [-0.2, -0.15) is 5.10 Å². The van der Waals surface area contributed by atoms with Gasteiger partial charge >= 0.3 is 0 Å². The number of amides is 2. The number of nitrogens with zero attached hydrogens (tertiary/aromatic N) is 3. The Morgan fingerprint density at radius 2 is 2.13 bits per heavy atom. The summed E-state index contributed by atoms with van der Waals surface area (Å²) in [5, 5.41) is 17.7. The maximum Gasteiger partial charge on any atom is 0.279 e. The molecule has 31 heavy (non-hydrogen) atoms. The monoisotopic (exact) mass is 424 g/mol. The Morgan fingerprint density at radius 1 is 1.29 bits per heavy atom. The maximum atomic E-state index is 12.9. The summed E-state index contributed by atoms with van der Waals surface area (Å²) in [4.78, 5) is 25.1. The number of hydrogen-bond acceptors (Lipinski definition) is 7. The zero-order valence-corrected chi connectivity index (χ0v) is 17.3. The first-order valence-corrected chi connectivity index (χ1v) is 10.4. The van der Waals surface area contributed by atoms with Gasteiger partial charge < -0.3 is 19.6 Å². The molecule has 3 aromatic rings. The van der Waals surface area contributed by atoms with E-state index in [0.29, 0.717) is 29.7 Å². The standard InChI is InChI=1S/C21H24N6O4/c1-11(2)13-10-19(28)24-21(22-13)27-18(9-14(25-27)12-5-6-12)23-20(29)15-8-17(31-26-15)16-4-3-7-30-16/h3-4,7-9,11-13,21-22H,5-6,10H2,1-2H3,(H,23,29)(H,24,28). The van der Waals surface area contributed by atoms with Gasteiger partial charge in [-0.15, -0.1) is 0 Å². The first kappa shape index (κ1) is 19.6. The van der Waals surface area contributed by atoms with Crippen LogP contribution in [0.2, 0.25) is 0 Å². The Balaban J connectivity index is 1.40. The van der Waals surface area contributed by atoms with E-state index in [1.54, 1.807) is 16.8 Å². The Bertz CT molecular complexity index is 1100. The van der Waals surface area contributed by atoms with E-state index in [-0.39, 0.29) is 23.6 Å². The second kappa shape index (κ2) is 7.69. The van der Waals surface area contributed by atoms with Crippen molar-refractivity contribution in [3.8, 4) is 11.5 Å². The lowest BCUT2D eigenvalue weighted by Gasteiger charge is -2.34. The highest BCUT2D eigenvalue weighted by Gasteiger charge is 2.33. The van der Waals surface area contributed by atoms with Crippen molar-refractivity contribution in [3.05, 3.63) is 41.9 Å². The smallest absolute Gasteiger partial charge is 0.279 e. The summed E-state index contributed by atoms with van der Waals surface area (Å²) < 4.78 is 12.1. The molecule has 2 unspecified atom stereocenters. The summed E-state index contributed by atoms with van der Waals surface area (Å²) in [6.45, 7) is 4.13. The van der Waals surface area contributed by atoms with Crippen LogP contribution in [0.5, 0.6) is 0 Å². The first-order valence-electron chi connectivity index (χ1n) is 10.4. The predicted octanol–water partition coefficient (Wildman–Crippen LogP) is 2.85. The minimum Gasteiger partial charge on any atom is -0.461 e. The van der Waals surface area contributed by atoms with Crippen LogP contribution in [0.25, 0.3) is 11.5 Å². The lowest BCUT2D eigenvalue weighted by atomic mass is 9.99. The van der Waals surface area contributed by atoms with Crippen LogP contribution in [0, 0.1) is 5.92 Å². The van der Waals surface area contributed by atoms with Crippen molar-refractivity contribution in [1.29, 1.82) is 0 Å². The van der Waals surface area contributed by atoms with Crippen LogP contribution in [0.15, 0.2) is 39.5 Å². The van der Waals surface area contributed by atoms with E-state index in [1.807, 2.05) is 6.07 Å². The summed E-state index contributed by atoms with van der Waals surface area (Å²) in [5.74, 6) is 1.51. The van der Waals surface area contributed by atoms with E-state index in [1.165, 1.54) is 12.3 Å². The van der Waals surface area contributed by atoms with Gasteiger partial charge in [0.2, 0.25) is 11.7 Å². The summed E-state index contributed by atoms with van der Waals surface area (Å²) in [6.07, 6.45) is 3.51. The van der Waals surface area contributed by atoms with Gasteiger partial charge in [0, 0.05) is 30.5 Å². The fraction of sp³-hybridized carbons (Fsp3) is 0.429. The quantitative estimate of drug-likeness (QED) is 0.555. The van der Waals surface area contributed by atoms with Gasteiger partial charge in [-0.05, 0) is 30.9 Å². The van der Waals surface area contributed by atoms with Gasteiger partial charge in [-0.3, -0.25) is 14.9 Å². The van der Waals surface area contributed by atoms with Crippen LogP contribution in [0.3, 0.4) is 0 Å². The molecule has 0 aromatic carbocycles. The summed E-state index contributed by atoms with van der Waals surface area (Å²) >= 11 is 0. The Morgan fingerprint density at radius 3 is 2.84 bits per heavy atom. The second-order valence-electron chi connectivity index (χ2n) is 8.37. The molecule has 4 heterocycles. The third-order valence-corrected chi connectivity index (χ3v) is 5.62. The zero-order chi connectivity index (χ0) is 21.5. The van der Waals surface area contributed by atoms with Crippen LogP contribution in [0.1, 0.15) is 61.5 Å². The molecule has 2 fully saturated rings. The Labute approximate surface area is 178 Å². The van der Waals surface area contributed by atoms with Crippen LogP contribution < -0.4 is 16.0 Å². The van der Waals surface area contributed by atoms with Crippen LogP contribution in [0.4, 0.5) is 5.82 Å². The number of anilines is 1. The molecule has 1 saturated heterocycles. The molecule has 1 aliphatic carbocycles. The second-order valence-corrected chi connectivity index (χ2v) is 8.37. The normalized spacial score (nSPS) is 21.3. The minimum atomic E-state index is -0.549. The third-order valence-electron chi connectivity index (χ3n) is 5.62. The average Bonchev–Trinajstić information content (AvgIpc) is 3.14. The van der Waals surface area contributed by atoms with Gasteiger partial charge in [-0.25, -0.2) is 4.68 Å². The molecule has 5 rings (SSSR count). The lowest BCUT2D eigenvalue weighted by molar-refractivity contribution is -0.126. The molecule has 1 saturated carbocycles. The number of hydrogen-bond donors (Lipinski definition) is 3. The van der Waals surface area contributed by atoms with Crippen molar-refractivity contribution in [3.63, 3.8) is 0 Å². The van der Waals surface area contributed by atoms with Gasteiger partial charge in [0.25, 0.3) is 5.91 Å². The fourth-order valence-electron chi connectivity index (χ4n) is 3.65. The van der Waals surface area contributed by atoms with E-state index in [9.17, 15) is 9.59 Å². The number of nitrogens with one attached hydrogen (secondary N) is 3. The predicted molar refractivity (Wildman–Crippen MR) is 110 cm³/mol. The number of rotatable bonds is 6. The number of aromatic nitrogens is 3. The molecule has 1 aliphatic heterocycles. The van der Waals surface area contributed by atoms with Crippen LogP contribution in [-0.2, 0) is 4.79 Å². The molecule has 0 spiro atoms. The molecule has 2 atom stereocenters. The summed E-state index contributed by atoms with van der Waals surface area (Å²) in [5.41, 5.74) is 1.02. The molecule has 2 amide bonds. The highest BCUT2D eigenvalue weighted by Crippen LogP contribution is 2.40. The Kier molecular flexibility index (Phi) is 4.85. The van der Waals surface area contributed by atoms with Crippen LogP contribution in [-0.4, -0.2) is 32.8 Å². The van der Waals surface area contributed by atoms with Crippen molar-refractivity contribution < 1.29 is 18.5 Å². The molecular formula is C21H24N6O4. The Hall–Kier alpha value is -3.40. The highest BCUT2D eigenvalue weighted by molar-refractivity contribution is 6.02. The maximum absolute atomic E-state index is 12.9. The molecule has 162 valence electrons. The molecule has 0 bridgehead atoms. The molecule has 2 aliphatic rings. The molecular weight excluding hydrogens is 400 g/mol. The number of furan rings is 1. The van der Waals surface area contributed by atoms with Gasteiger partial charge in [-0.1, -0.05) is 19.0 Å².